The molecule has 164 valence electrons. The van der Waals surface area contributed by atoms with Crippen LogP contribution in [0.2, 0.25) is 0 Å². The molecule has 2 N–H and O–H groups in total. The van der Waals surface area contributed by atoms with Crippen molar-refractivity contribution < 1.29 is 19.0 Å². The fourth-order valence-corrected chi connectivity index (χ4v) is 4.76. The number of ether oxygens (including phenoxy) is 3. The molecule has 31 heavy (non-hydrogen) atoms. The zero-order chi connectivity index (χ0) is 22.0. The van der Waals surface area contributed by atoms with Crippen molar-refractivity contribution in [1.29, 1.82) is 0 Å². The molecule has 4 rings (SSSR count). The predicted molar refractivity (Wildman–Crippen MR) is 122 cm³/mol. The van der Waals surface area contributed by atoms with Crippen molar-refractivity contribution in [1.82, 2.24) is 5.32 Å². The molecule has 0 saturated carbocycles. The van der Waals surface area contributed by atoms with Crippen LogP contribution in [0.4, 0.5) is 5.69 Å². The summed E-state index contributed by atoms with van der Waals surface area (Å²) in [7, 11) is 4.86. The normalized spacial score (nSPS) is 21.0. The zero-order valence-electron chi connectivity index (χ0n) is 18.5. The van der Waals surface area contributed by atoms with E-state index in [4.69, 9.17) is 14.2 Å². The van der Waals surface area contributed by atoms with Crippen molar-refractivity contribution in [2.75, 3.05) is 33.2 Å². The Labute approximate surface area is 183 Å². The first-order valence-electron chi connectivity index (χ1n) is 10.8. The second-order valence-corrected chi connectivity index (χ2v) is 7.96. The number of anilines is 1. The lowest BCUT2D eigenvalue weighted by molar-refractivity contribution is 0.0954. The number of nitrogens with one attached hydrogen (secondary N) is 2. The van der Waals surface area contributed by atoms with Gasteiger partial charge in [-0.1, -0.05) is 31.2 Å². The zero-order valence-corrected chi connectivity index (χ0v) is 18.5. The molecule has 1 heterocycles. The number of rotatable bonds is 7. The van der Waals surface area contributed by atoms with Gasteiger partial charge in [0, 0.05) is 12.5 Å². The topological polar surface area (TPSA) is 68.8 Å². The van der Waals surface area contributed by atoms with Crippen molar-refractivity contribution >= 4 is 11.6 Å². The van der Waals surface area contributed by atoms with Crippen molar-refractivity contribution in [3.63, 3.8) is 0 Å². The smallest absolute Gasteiger partial charge is 0.253 e. The molecule has 0 radical (unpaired) electrons. The van der Waals surface area contributed by atoms with Crippen LogP contribution in [0.1, 0.15) is 53.2 Å². The Morgan fingerprint density at radius 3 is 2.52 bits per heavy atom. The van der Waals surface area contributed by atoms with E-state index < -0.39 is 0 Å². The highest BCUT2D eigenvalue weighted by atomic mass is 16.5. The standard InChI is InChI=1S/C25H30N2O4/c1-5-12-26-25(28)19-11-7-10-18-16-8-6-9-17(16)22(27-23(18)19)15-13-20(29-2)24(31-4)21(14-15)30-3/h6-8,10-11,13-14,16-17,22,27H,5,9,12H2,1-4H3,(H,26,28). The van der Waals surface area contributed by atoms with E-state index in [9.17, 15) is 4.79 Å². The minimum atomic E-state index is -0.0460. The maximum atomic E-state index is 12.9. The van der Waals surface area contributed by atoms with Crippen LogP contribution in [-0.2, 0) is 0 Å². The van der Waals surface area contributed by atoms with E-state index in [-0.39, 0.29) is 17.9 Å². The minimum Gasteiger partial charge on any atom is -0.493 e. The third-order valence-electron chi connectivity index (χ3n) is 6.22. The van der Waals surface area contributed by atoms with Crippen LogP contribution < -0.4 is 24.8 Å². The molecule has 0 saturated heterocycles. The van der Waals surface area contributed by atoms with Crippen molar-refractivity contribution in [3.8, 4) is 17.2 Å². The highest BCUT2D eigenvalue weighted by molar-refractivity contribution is 6.00. The Morgan fingerprint density at radius 1 is 1.13 bits per heavy atom. The van der Waals surface area contributed by atoms with Crippen molar-refractivity contribution in [2.45, 2.75) is 31.7 Å². The van der Waals surface area contributed by atoms with Crippen molar-refractivity contribution in [2.24, 2.45) is 5.92 Å². The van der Waals surface area contributed by atoms with E-state index in [1.54, 1.807) is 21.3 Å². The van der Waals surface area contributed by atoms with Gasteiger partial charge in [0.2, 0.25) is 5.75 Å². The number of fused-ring (bicyclic) bond motifs is 3. The van der Waals surface area contributed by atoms with E-state index in [2.05, 4.69) is 28.9 Å². The Bertz CT molecular complexity index is 976. The average molecular weight is 423 g/mol. The quantitative estimate of drug-likeness (QED) is 0.634. The lowest BCUT2D eigenvalue weighted by atomic mass is 9.76. The molecule has 0 aromatic heterocycles. The second kappa shape index (κ2) is 8.92. The summed E-state index contributed by atoms with van der Waals surface area (Å²) in [5, 5.41) is 6.71. The van der Waals surface area contributed by atoms with Crippen LogP contribution in [0.3, 0.4) is 0 Å². The molecule has 2 aromatic carbocycles. The second-order valence-electron chi connectivity index (χ2n) is 7.96. The van der Waals surface area contributed by atoms with Gasteiger partial charge in [-0.05, 0) is 48.1 Å². The molecule has 0 fully saturated rings. The SMILES string of the molecule is CCCNC(=O)c1cccc2c1NC(c1cc(OC)c(OC)c(OC)c1)C1CC=CC21. The molecular formula is C25H30N2O4. The summed E-state index contributed by atoms with van der Waals surface area (Å²) in [6.07, 6.45) is 6.37. The summed E-state index contributed by atoms with van der Waals surface area (Å²) in [6.45, 7) is 2.71. The monoisotopic (exact) mass is 422 g/mol. The number of hydrogen-bond acceptors (Lipinski definition) is 5. The number of carbonyl (C=O) groups excluding carboxylic acids is 1. The van der Waals surface area contributed by atoms with Gasteiger partial charge in [0.25, 0.3) is 5.91 Å². The first-order valence-corrected chi connectivity index (χ1v) is 10.8. The molecule has 0 bridgehead atoms. The molecule has 2 aliphatic rings. The Balaban J connectivity index is 1.79. The average Bonchev–Trinajstić information content (AvgIpc) is 3.30. The van der Waals surface area contributed by atoms with Gasteiger partial charge < -0.3 is 24.8 Å². The highest BCUT2D eigenvalue weighted by Gasteiger charge is 2.39. The first-order chi connectivity index (χ1) is 15.1. The fraction of sp³-hybridized carbons (Fsp3) is 0.400. The number of hydrogen-bond donors (Lipinski definition) is 2. The summed E-state index contributed by atoms with van der Waals surface area (Å²) in [5.41, 5.74) is 3.80. The lowest BCUT2D eigenvalue weighted by Gasteiger charge is -2.38. The molecule has 2 aromatic rings. The van der Waals surface area contributed by atoms with Gasteiger partial charge in [-0.25, -0.2) is 0 Å². The number of carbonyl (C=O) groups is 1. The minimum absolute atomic E-state index is 0.00123. The summed E-state index contributed by atoms with van der Waals surface area (Å²) in [6, 6.07) is 9.99. The molecular weight excluding hydrogens is 392 g/mol. The number of amides is 1. The van der Waals surface area contributed by atoms with Crippen LogP contribution in [0.15, 0.2) is 42.5 Å². The highest BCUT2D eigenvalue weighted by Crippen LogP contribution is 2.52. The number of methoxy groups -OCH3 is 3. The summed E-state index contributed by atoms with van der Waals surface area (Å²) < 4.78 is 16.7. The maximum absolute atomic E-state index is 12.9. The van der Waals surface area contributed by atoms with E-state index in [1.165, 1.54) is 5.56 Å². The molecule has 1 aliphatic heterocycles. The number of para-hydroxylation sites is 1. The van der Waals surface area contributed by atoms with Gasteiger partial charge in [0.15, 0.2) is 11.5 Å². The molecule has 6 nitrogen and oxygen atoms in total. The molecule has 3 unspecified atom stereocenters. The molecule has 1 amide bonds. The van der Waals surface area contributed by atoms with Crippen LogP contribution >= 0.6 is 0 Å². The maximum Gasteiger partial charge on any atom is 0.253 e. The summed E-state index contributed by atoms with van der Waals surface area (Å²) in [5.74, 6) is 2.37. The molecule has 6 heteroatoms. The van der Waals surface area contributed by atoms with Crippen molar-refractivity contribution in [3.05, 3.63) is 59.2 Å². The Kier molecular flexibility index (Phi) is 6.07. The molecule has 0 spiro atoms. The number of allylic oxidation sites excluding steroid dienone is 2. The van der Waals surface area contributed by atoms with Crippen LogP contribution in [0, 0.1) is 5.92 Å². The largest absolute Gasteiger partial charge is 0.493 e. The fourth-order valence-electron chi connectivity index (χ4n) is 4.76. The summed E-state index contributed by atoms with van der Waals surface area (Å²) in [4.78, 5) is 12.9. The molecule has 3 atom stereocenters. The third kappa shape index (κ3) is 3.71. The van der Waals surface area contributed by atoms with Gasteiger partial charge in [-0.2, -0.15) is 0 Å². The first kappa shape index (κ1) is 21.1. The van der Waals surface area contributed by atoms with Crippen LogP contribution in [-0.4, -0.2) is 33.8 Å². The van der Waals surface area contributed by atoms with Gasteiger partial charge in [0.05, 0.1) is 38.6 Å². The van der Waals surface area contributed by atoms with E-state index >= 15 is 0 Å². The van der Waals surface area contributed by atoms with E-state index in [0.717, 1.165) is 24.1 Å². The van der Waals surface area contributed by atoms with E-state index in [1.807, 2.05) is 31.2 Å². The lowest BCUT2D eigenvalue weighted by Crippen LogP contribution is -2.32. The Morgan fingerprint density at radius 2 is 1.87 bits per heavy atom. The molecule has 1 aliphatic carbocycles. The number of benzene rings is 2. The Hall–Kier alpha value is -3.15. The third-order valence-corrected chi connectivity index (χ3v) is 6.22. The predicted octanol–water partition coefficient (Wildman–Crippen LogP) is 4.68. The van der Waals surface area contributed by atoms with Gasteiger partial charge in [-0.15, -0.1) is 0 Å². The van der Waals surface area contributed by atoms with Crippen LogP contribution in [0.25, 0.3) is 0 Å². The summed E-state index contributed by atoms with van der Waals surface area (Å²) >= 11 is 0. The van der Waals surface area contributed by atoms with Gasteiger partial charge >= 0.3 is 0 Å². The van der Waals surface area contributed by atoms with Gasteiger partial charge in [0.1, 0.15) is 0 Å². The van der Waals surface area contributed by atoms with Gasteiger partial charge in [-0.3, -0.25) is 4.79 Å². The van der Waals surface area contributed by atoms with Crippen LogP contribution in [0.5, 0.6) is 17.2 Å². The van der Waals surface area contributed by atoms with E-state index in [0.29, 0.717) is 35.3 Å².